The molecule has 0 aromatic heterocycles. The first-order chi connectivity index (χ1) is 14.0. The molecule has 2 aromatic rings. The molecule has 0 saturated heterocycles. The predicted octanol–water partition coefficient (Wildman–Crippen LogP) is 4.28. The molecule has 29 heavy (non-hydrogen) atoms. The summed E-state index contributed by atoms with van der Waals surface area (Å²) in [6.07, 6.45) is 7.40. The molecule has 0 heterocycles. The normalized spacial score (nSPS) is 15.5. The molecule has 5 nitrogen and oxygen atoms in total. The molecular weight excluding hydrogens is 384 g/mol. The Bertz CT molecular complexity index is 887. The lowest BCUT2D eigenvalue weighted by atomic mass is 10.1. The number of rotatable bonds is 7. The van der Waals surface area contributed by atoms with Gasteiger partial charge in [-0.1, -0.05) is 62.9 Å². The minimum Gasteiger partial charge on any atom is -0.352 e. The molecule has 6 heteroatoms. The molecule has 0 radical (unpaired) electrons. The molecule has 1 N–H and O–H groups in total. The van der Waals surface area contributed by atoms with Crippen LogP contribution < -0.4 is 9.62 Å². The summed E-state index contributed by atoms with van der Waals surface area (Å²) < 4.78 is 27.8. The number of nitrogens with one attached hydrogen (secondary N) is 1. The van der Waals surface area contributed by atoms with Crippen LogP contribution in [0.2, 0.25) is 0 Å². The number of hydrogen-bond acceptors (Lipinski definition) is 3. The molecule has 0 spiro atoms. The summed E-state index contributed by atoms with van der Waals surface area (Å²) in [6.45, 7) is 1.83. The standard InChI is InChI=1S/C23H30N2O3S/c1-2-19-14-16-21(17-15-19)25(29(27,28)22-12-8-5-9-13-22)18-23(26)24-20-10-6-3-4-7-11-20/h5,8-9,12-17,20H,2-4,6-7,10-11,18H2,1H3,(H,24,26). The summed E-state index contributed by atoms with van der Waals surface area (Å²) in [4.78, 5) is 13.0. The number of aryl methyl sites for hydroxylation is 1. The molecule has 156 valence electrons. The predicted molar refractivity (Wildman–Crippen MR) is 116 cm³/mol. The van der Waals surface area contributed by atoms with E-state index in [0.29, 0.717) is 5.69 Å². The Hall–Kier alpha value is -2.34. The molecule has 0 bridgehead atoms. The zero-order chi connectivity index (χ0) is 20.7. The van der Waals surface area contributed by atoms with Crippen LogP contribution in [0, 0.1) is 0 Å². The smallest absolute Gasteiger partial charge is 0.264 e. The minimum atomic E-state index is -3.84. The molecule has 1 saturated carbocycles. The van der Waals surface area contributed by atoms with E-state index < -0.39 is 10.0 Å². The van der Waals surface area contributed by atoms with Crippen LogP contribution in [0.5, 0.6) is 0 Å². The van der Waals surface area contributed by atoms with Crippen molar-refractivity contribution in [3.63, 3.8) is 0 Å². The first-order valence-corrected chi connectivity index (χ1v) is 11.9. The summed E-state index contributed by atoms with van der Waals surface area (Å²) in [6, 6.07) is 15.8. The third-order valence-electron chi connectivity index (χ3n) is 5.47. The number of hydrogen-bond donors (Lipinski definition) is 1. The van der Waals surface area contributed by atoms with Gasteiger partial charge in [0.25, 0.3) is 10.0 Å². The van der Waals surface area contributed by atoms with Crippen molar-refractivity contribution in [2.75, 3.05) is 10.8 Å². The van der Waals surface area contributed by atoms with Gasteiger partial charge >= 0.3 is 0 Å². The monoisotopic (exact) mass is 414 g/mol. The number of nitrogens with zero attached hydrogens (tertiary/aromatic N) is 1. The van der Waals surface area contributed by atoms with E-state index in [-0.39, 0.29) is 23.4 Å². The molecule has 0 aliphatic heterocycles. The van der Waals surface area contributed by atoms with Gasteiger partial charge in [0.05, 0.1) is 10.6 Å². The lowest BCUT2D eigenvalue weighted by Gasteiger charge is -2.25. The molecule has 1 amide bonds. The van der Waals surface area contributed by atoms with Crippen molar-refractivity contribution in [3.05, 3.63) is 60.2 Å². The van der Waals surface area contributed by atoms with E-state index in [2.05, 4.69) is 5.32 Å². The Labute approximate surface area is 174 Å². The van der Waals surface area contributed by atoms with Crippen LogP contribution in [0.25, 0.3) is 0 Å². The van der Waals surface area contributed by atoms with Crippen molar-refractivity contribution >= 4 is 21.6 Å². The maximum absolute atomic E-state index is 13.3. The van der Waals surface area contributed by atoms with Gasteiger partial charge in [-0.3, -0.25) is 9.10 Å². The maximum atomic E-state index is 13.3. The number of carbonyl (C=O) groups excluding carboxylic acids is 1. The molecular formula is C23H30N2O3S. The van der Waals surface area contributed by atoms with Crippen LogP contribution in [0.4, 0.5) is 5.69 Å². The molecule has 2 aromatic carbocycles. The van der Waals surface area contributed by atoms with Gasteiger partial charge in [0.2, 0.25) is 5.91 Å². The van der Waals surface area contributed by atoms with Crippen molar-refractivity contribution in [1.29, 1.82) is 0 Å². The second-order valence-electron chi connectivity index (χ2n) is 7.60. The van der Waals surface area contributed by atoms with E-state index in [0.717, 1.165) is 37.7 Å². The van der Waals surface area contributed by atoms with Gasteiger partial charge in [0, 0.05) is 6.04 Å². The number of anilines is 1. The van der Waals surface area contributed by atoms with Crippen molar-refractivity contribution in [2.45, 2.75) is 62.8 Å². The molecule has 3 rings (SSSR count). The lowest BCUT2D eigenvalue weighted by Crippen LogP contribution is -2.44. The van der Waals surface area contributed by atoms with Crippen molar-refractivity contribution < 1.29 is 13.2 Å². The van der Waals surface area contributed by atoms with E-state index in [1.807, 2.05) is 19.1 Å². The fourth-order valence-electron chi connectivity index (χ4n) is 3.76. The highest BCUT2D eigenvalue weighted by Crippen LogP contribution is 2.24. The Morgan fingerprint density at radius 2 is 1.59 bits per heavy atom. The Balaban J connectivity index is 1.85. The molecule has 0 unspecified atom stereocenters. The third kappa shape index (κ3) is 5.60. The highest BCUT2D eigenvalue weighted by molar-refractivity contribution is 7.92. The van der Waals surface area contributed by atoms with Crippen molar-refractivity contribution in [1.82, 2.24) is 5.32 Å². The largest absolute Gasteiger partial charge is 0.352 e. The number of carbonyl (C=O) groups is 1. The number of benzene rings is 2. The zero-order valence-electron chi connectivity index (χ0n) is 17.0. The van der Waals surface area contributed by atoms with Crippen LogP contribution in [-0.4, -0.2) is 26.9 Å². The summed E-state index contributed by atoms with van der Waals surface area (Å²) in [5, 5.41) is 3.06. The van der Waals surface area contributed by atoms with Gasteiger partial charge in [0.1, 0.15) is 6.54 Å². The summed E-state index contributed by atoms with van der Waals surface area (Å²) in [5.41, 5.74) is 1.62. The number of amides is 1. The average molecular weight is 415 g/mol. The van der Waals surface area contributed by atoms with E-state index in [1.54, 1.807) is 42.5 Å². The van der Waals surface area contributed by atoms with Crippen LogP contribution in [-0.2, 0) is 21.2 Å². The van der Waals surface area contributed by atoms with Gasteiger partial charge < -0.3 is 5.32 Å². The van der Waals surface area contributed by atoms with Crippen LogP contribution in [0.3, 0.4) is 0 Å². The zero-order valence-corrected chi connectivity index (χ0v) is 17.8. The topological polar surface area (TPSA) is 66.5 Å². The summed E-state index contributed by atoms with van der Waals surface area (Å²) in [7, 11) is -3.84. The molecule has 0 atom stereocenters. The first kappa shape index (κ1) is 21.4. The van der Waals surface area contributed by atoms with Crippen molar-refractivity contribution in [3.8, 4) is 0 Å². The van der Waals surface area contributed by atoms with E-state index in [9.17, 15) is 13.2 Å². The average Bonchev–Trinajstić information content (AvgIpc) is 3.01. The van der Waals surface area contributed by atoms with E-state index >= 15 is 0 Å². The fraction of sp³-hybridized carbons (Fsp3) is 0.435. The SMILES string of the molecule is CCc1ccc(N(CC(=O)NC2CCCCCC2)S(=O)(=O)c2ccccc2)cc1. The van der Waals surface area contributed by atoms with Crippen LogP contribution >= 0.6 is 0 Å². The second-order valence-corrected chi connectivity index (χ2v) is 9.46. The van der Waals surface area contributed by atoms with Gasteiger partial charge in [-0.2, -0.15) is 0 Å². The number of sulfonamides is 1. The second kappa shape index (κ2) is 9.92. The van der Waals surface area contributed by atoms with E-state index in [1.165, 1.54) is 17.1 Å². The lowest BCUT2D eigenvalue weighted by molar-refractivity contribution is -0.120. The Morgan fingerprint density at radius 1 is 0.966 bits per heavy atom. The van der Waals surface area contributed by atoms with Gasteiger partial charge in [0.15, 0.2) is 0 Å². The first-order valence-electron chi connectivity index (χ1n) is 10.5. The highest BCUT2D eigenvalue weighted by atomic mass is 32.2. The summed E-state index contributed by atoms with van der Waals surface area (Å²) >= 11 is 0. The molecule has 1 aliphatic carbocycles. The fourth-order valence-corrected chi connectivity index (χ4v) is 5.20. The van der Waals surface area contributed by atoms with Crippen LogP contribution in [0.15, 0.2) is 59.5 Å². The summed E-state index contributed by atoms with van der Waals surface area (Å²) in [5.74, 6) is -0.254. The third-order valence-corrected chi connectivity index (χ3v) is 7.26. The highest BCUT2D eigenvalue weighted by Gasteiger charge is 2.28. The van der Waals surface area contributed by atoms with E-state index in [4.69, 9.17) is 0 Å². The maximum Gasteiger partial charge on any atom is 0.264 e. The Kier molecular flexibility index (Phi) is 7.31. The quantitative estimate of drug-likeness (QED) is 0.688. The van der Waals surface area contributed by atoms with Crippen LogP contribution in [0.1, 0.15) is 51.0 Å². The van der Waals surface area contributed by atoms with Gasteiger partial charge in [-0.05, 0) is 49.1 Å². The van der Waals surface area contributed by atoms with Gasteiger partial charge in [-0.25, -0.2) is 8.42 Å². The van der Waals surface area contributed by atoms with Crippen molar-refractivity contribution in [2.24, 2.45) is 0 Å². The van der Waals surface area contributed by atoms with Gasteiger partial charge in [-0.15, -0.1) is 0 Å². The minimum absolute atomic E-state index is 0.133. The Morgan fingerprint density at radius 3 is 2.17 bits per heavy atom. The molecule has 1 fully saturated rings. The molecule has 1 aliphatic rings.